The molecule has 1 aliphatic rings. The van der Waals surface area contributed by atoms with Gasteiger partial charge in [-0.1, -0.05) is 11.6 Å². The molecule has 0 radical (unpaired) electrons. The third kappa shape index (κ3) is 3.80. The normalized spacial score (nSPS) is 15.6. The van der Waals surface area contributed by atoms with E-state index in [2.05, 4.69) is 0 Å². The first kappa shape index (κ1) is 15.9. The van der Waals surface area contributed by atoms with Gasteiger partial charge in [-0.25, -0.2) is 0 Å². The third-order valence-corrected chi connectivity index (χ3v) is 3.69. The number of esters is 1. The Balaban J connectivity index is 2.10. The van der Waals surface area contributed by atoms with Crippen LogP contribution in [0, 0.1) is 0 Å². The minimum atomic E-state index is -0.512. The van der Waals surface area contributed by atoms with E-state index in [9.17, 15) is 15.0 Å². The zero-order valence-corrected chi connectivity index (χ0v) is 13.2. The van der Waals surface area contributed by atoms with Gasteiger partial charge in [0.1, 0.15) is 17.1 Å². The smallest absolute Gasteiger partial charge is 0.320 e. The van der Waals surface area contributed by atoms with Gasteiger partial charge in [0.2, 0.25) is 0 Å². The van der Waals surface area contributed by atoms with E-state index >= 15 is 0 Å². The van der Waals surface area contributed by atoms with Gasteiger partial charge < -0.3 is 14.9 Å². The van der Waals surface area contributed by atoms with E-state index in [4.69, 9.17) is 16.3 Å². The SMILES string of the molecule is CC(C)(C)OC(=O)CN1CCc2c(Cl)c(O)cc(O)c2C1. The van der Waals surface area contributed by atoms with E-state index in [0.717, 1.165) is 5.56 Å². The van der Waals surface area contributed by atoms with Gasteiger partial charge in [-0.15, -0.1) is 0 Å². The van der Waals surface area contributed by atoms with E-state index in [-0.39, 0.29) is 29.0 Å². The van der Waals surface area contributed by atoms with Gasteiger partial charge in [-0.3, -0.25) is 9.69 Å². The summed E-state index contributed by atoms with van der Waals surface area (Å²) in [5.41, 5.74) is 0.893. The van der Waals surface area contributed by atoms with Crippen molar-refractivity contribution in [2.24, 2.45) is 0 Å². The maximum Gasteiger partial charge on any atom is 0.320 e. The number of fused-ring (bicyclic) bond motifs is 1. The molecular formula is C15H20ClNO4. The quantitative estimate of drug-likeness (QED) is 0.821. The van der Waals surface area contributed by atoms with Crippen LogP contribution in [-0.4, -0.2) is 39.8 Å². The number of hydrogen-bond donors (Lipinski definition) is 2. The fraction of sp³-hybridized carbons (Fsp3) is 0.533. The molecule has 6 heteroatoms. The lowest BCUT2D eigenvalue weighted by atomic mass is 9.98. The summed E-state index contributed by atoms with van der Waals surface area (Å²) in [6.45, 7) is 6.66. The summed E-state index contributed by atoms with van der Waals surface area (Å²) in [7, 11) is 0. The second-order valence-electron chi connectivity index (χ2n) is 6.23. The van der Waals surface area contributed by atoms with Crippen LogP contribution < -0.4 is 0 Å². The largest absolute Gasteiger partial charge is 0.507 e. The number of nitrogens with zero attached hydrogens (tertiary/aromatic N) is 1. The van der Waals surface area contributed by atoms with E-state index < -0.39 is 5.60 Å². The fourth-order valence-corrected chi connectivity index (χ4v) is 2.69. The van der Waals surface area contributed by atoms with Crippen LogP contribution in [0.25, 0.3) is 0 Å². The first-order valence-electron chi connectivity index (χ1n) is 6.84. The Morgan fingerprint density at radius 2 is 2.00 bits per heavy atom. The van der Waals surface area contributed by atoms with E-state index in [1.165, 1.54) is 6.07 Å². The Bertz CT molecular complexity index is 566. The second-order valence-corrected chi connectivity index (χ2v) is 6.61. The van der Waals surface area contributed by atoms with Crippen molar-refractivity contribution in [1.29, 1.82) is 0 Å². The molecule has 1 aromatic rings. The molecule has 5 nitrogen and oxygen atoms in total. The van der Waals surface area contributed by atoms with Crippen molar-refractivity contribution in [3.63, 3.8) is 0 Å². The van der Waals surface area contributed by atoms with Gasteiger partial charge >= 0.3 is 5.97 Å². The lowest BCUT2D eigenvalue weighted by Crippen LogP contribution is -2.38. The van der Waals surface area contributed by atoms with Crippen molar-refractivity contribution in [1.82, 2.24) is 4.90 Å². The molecule has 0 atom stereocenters. The molecule has 0 fully saturated rings. The molecular weight excluding hydrogens is 294 g/mol. The molecule has 1 heterocycles. The summed E-state index contributed by atoms with van der Waals surface area (Å²) in [6, 6.07) is 1.23. The van der Waals surface area contributed by atoms with Crippen LogP contribution >= 0.6 is 11.6 Å². The predicted molar refractivity (Wildman–Crippen MR) is 79.6 cm³/mol. The van der Waals surface area contributed by atoms with Gasteiger partial charge in [0.25, 0.3) is 0 Å². The first-order chi connectivity index (χ1) is 9.67. The molecule has 1 aliphatic heterocycles. The van der Waals surface area contributed by atoms with Gasteiger partial charge in [-0.05, 0) is 32.8 Å². The summed E-state index contributed by atoms with van der Waals surface area (Å²) >= 11 is 6.05. The average Bonchev–Trinajstić information content (AvgIpc) is 2.33. The Morgan fingerprint density at radius 3 is 2.62 bits per heavy atom. The van der Waals surface area contributed by atoms with Crippen molar-refractivity contribution in [2.75, 3.05) is 13.1 Å². The number of rotatable bonds is 2. The van der Waals surface area contributed by atoms with E-state index in [0.29, 0.717) is 25.1 Å². The lowest BCUT2D eigenvalue weighted by Gasteiger charge is -2.30. The van der Waals surface area contributed by atoms with Crippen LogP contribution in [0.15, 0.2) is 6.07 Å². The van der Waals surface area contributed by atoms with Gasteiger partial charge in [-0.2, -0.15) is 0 Å². The van der Waals surface area contributed by atoms with Crippen LogP contribution in [0.5, 0.6) is 11.5 Å². The van der Waals surface area contributed by atoms with Crippen LogP contribution in [0.2, 0.25) is 5.02 Å². The van der Waals surface area contributed by atoms with Crippen molar-refractivity contribution < 1.29 is 19.7 Å². The maximum absolute atomic E-state index is 11.9. The number of ether oxygens (including phenoxy) is 1. The molecule has 0 bridgehead atoms. The average molecular weight is 314 g/mol. The zero-order chi connectivity index (χ0) is 15.8. The third-order valence-electron chi connectivity index (χ3n) is 3.27. The molecule has 0 aromatic heterocycles. The van der Waals surface area contributed by atoms with Crippen LogP contribution in [0.4, 0.5) is 0 Å². The van der Waals surface area contributed by atoms with Crippen LogP contribution in [0.3, 0.4) is 0 Å². The molecule has 2 rings (SSSR count). The molecule has 0 amide bonds. The molecule has 0 saturated heterocycles. The Labute approximate surface area is 129 Å². The summed E-state index contributed by atoms with van der Waals surface area (Å²) in [6.07, 6.45) is 0.568. The molecule has 21 heavy (non-hydrogen) atoms. The number of phenolic OH excluding ortho intramolecular Hbond substituents is 2. The fourth-order valence-electron chi connectivity index (χ4n) is 2.42. The molecule has 116 valence electrons. The van der Waals surface area contributed by atoms with Gasteiger partial charge in [0, 0.05) is 24.7 Å². The molecule has 0 unspecified atom stereocenters. The molecule has 0 spiro atoms. The molecule has 0 aliphatic carbocycles. The monoisotopic (exact) mass is 313 g/mol. The minimum Gasteiger partial charge on any atom is -0.507 e. The number of aromatic hydroxyl groups is 2. The number of phenols is 2. The van der Waals surface area contributed by atoms with Crippen LogP contribution in [0.1, 0.15) is 31.9 Å². The Kier molecular flexibility index (Phi) is 4.35. The highest BCUT2D eigenvalue weighted by Gasteiger charge is 2.26. The lowest BCUT2D eigenvalue weighted by molar-refractivity contribution is -0.156. The summed E-state index contributed by atoms with van der Waals surface area (Å²) in [4.78, 5) is 13.7. The maximum atomic E-state index is 11.9. The number of carbonyl (C=O) groups is 1. The summed E-state index contributed by atoms with van der Waals surface area (Å²) < 4.78 is 5.29. The number of hydrogen-bond acceptors (Lipinski definition) is 5. The van der Waals surface area contributed by atoms with Crippen molar-refractivity contribution >= 4 is 17.6 Å². The number of benzene rings is 1. The highest BCUT2D eigenvalue weighted by Crippen LogP contribution is 2.38. The Morgan fingerprint density at radius 1 is 1.33 bits per heavy atom. The summed E-state index contributed by atoms with van der Waals surface area (Å²) in [5.74, 6) is -0.412. The molecule has 0 saturated carbocycles. The first-order valence-corrected chi connectivity index (χ1v) is 7.21. The van der Waals surface area contributed by atoms with Crippen molar-refractivity contribution in [2.45, 2.75) is 39.3 Å². The van der Waals surface area contributed by atoms with Crippen molar-refractivity contribution in [3.8, 4) is 11.5 Å². The van der Waals surface area contributed by atoms with Gasteiger partial charge in [0.05, 0.1) is 11.6 Å². The standard InChI is InChI=1S/C15H20ClNO4/c1-15(2,3)21-13(20)8-17-5-4-9-10(7-17)11(18)6-12(19)14(9)16/h6,18-19H,4-5,7-8H2,1-3H3. The summed E-state index contributed by atoms with van der Waals surface area (Å²) in [5, 5.41) is 19.8. The molecule has 2 N–H and O–H groups in total. The Hall–Kier alpha value is -1.46. The van der Waals surface area contributed by atoms with Crippen LogP contribution in [-0.2, 0) is 22.5 Å². The van der Waals surface area contributed by atoms with E-state index in [1.807, 2.05) is 25.7 Å². The van der Waals surface area contributed by atoms with Crippen molar-refractivity contribution in [3.05, 3.63) is 22.2 Å². The highest BCUT2D eigenvalue weighted by molar-refractivity contribution is 6.33. The zero-order valence-electron chi connectivity index (χ0n) is 12.4. The number of halogens is 1. The second kappa shape index (κ2) is 5.73. The number of carbonyl (C=O) groups excluding carboxylic acids is 1. The topological polar surface area (TPSA) is 70.0 Å². The highest BCUT2D eigenvalue weighted by atomic mass is 35.5. The van der Waals surface area contributed by atoms with E-state index in [1.54, 1.807) is 0 Å². The molecule has 1 aromatic carbocycles. The minimum absolute atomic E-state index is 0.000730. The van der Waals surface area contributed by atoms with Gasteiger partial charge in [0.15, 0.2) is 0 Å². The predicted octanol–water partition coefficient (Wildman–Crippen LogP) is 2.45.